The Morgan fingerprint density at radius 3 is 2.48 bits per heavy atom. The Morgan fingerprint density at radius 2 is 1.87 bits per heavy atom. The van der Waals surface area contributed by atoms with E-state index in [2.05, 4.69) is 15.3 Å². The number of pyridine rings is 1. The summed E-state index contributed by atoms with van der Waals surface area (Å²) in [5, 5.41) is 12.4. The minimum atomic E-state index is -0.453. The van der Waals surface area contributed by atoms with Crippen molar-refractivity contribution in [3.8, 4) is 11.4 Å². The van der Waals surface area contributed by atoms with Crippen LogP contribution in [0, 0.1) is 13.8 Å². The zero-order valence-electron chi connectivity index (χ0n) is 12.8. The van der Waals surface area contributed by atoms with Gasteiger partial charge in [0.1, 0.15) is 5.75 Å². The zero-order chi connectivity index (χ0) is 16.4. The lowest BCUT2D eigenvalue weighted by Gasteiger charge is -2.09. The molecular weight excluding hydrogens is 292 g/mol. The number of aromatic nitrogens is 3. The van der Waals surface area contributed by atoms with E-state index in [4.69, 9.17) is 0 Å². The second-order valence-corrected chi connectivity index (χ2v) is 5.16. The van der Waals surface area contributed by atoms with Crippen LogP contribution < -0.4 is 5.32 Å². The van der Waals surface area contributed by atoms with Crippen LogP contribution in [0.15, 0.2) is 48.9 Å². The largest absolute Gasteiger partial charge is 0.505 e. The molecule has 1 amide bonds. The minimum absolute atomic E-state index is 0.00217. The molecule has 2 aromatic heterocycles. The van der Waals surface area contributed by atoms with E-state index >= 15 is 0 Å². The Bertz CT molecular complexity index is 853. The maximum absolute atomic E-state index is 12.1. The minimum Gasteiger partial charge on any atom is -0.505 e. The average Bonchev–Trinajstić information content (AvgIpc) is 2.88. The number of aromatic hydroxyl groups is 1. The molecule has 3 rings (SSSR count). The number of hydrogen-bond donors (Lipinski definition) is 2. The molecule has 116 valence electrons. The van der Waals surface area contributed by atoms with Gasteiger partial charge in [0.2, 0.25) is 0 Å². The summed E-state index contributed by atoms with van der Waals surface area (Å²) in [4.78, 5) is 20.2. The highest BCUT2D eigenvalue weighted by Gasteiger charge is 2.12. The molecule has 6 nitrogen and oxygen atoms in total. The third-order valence-corrected chi connectivity index (χ3v) is 3.66. The number of hydrogen-bond acceptors (Lipinski definition) is 4. The molecule has 0 radical (unpaired) electrons. The molecule has 23 heavy (non-hydrogen) atoms. The maximum atomic E-state index is 12.1. The van der Waals surface area contributed by atoms with E-state index < -0.39 is 5.91 Å². The monoisotopic (exact) mass is 308 g/mol. The van der Waals surface area contributed by atoms with Crippen molar-refractivity contribution < 1.29 is 9.90 Å². The van der Waals surface area contributed by atoms with Crippen molar-refractivity contribution in [1.82, 2.24) is 14.5 Å². The van der Waals surface area contributed by atoms with Crippen LogP contribution in [0.25, 0.3) is 5.69 Å². The second kappa shape index (κ2) is 5.92. The molecule has 0 aliphatic carbocycles. The van der Waals surface area contributed by atoms with E-state index in [0.29, 0.717) is 5.69 Å². The van der Waals surface area contributed by atoms with Gasteiger partial charge < -0.3 is 15.0 Å². The van der Waals surface area contributed by atoms with Crippen LogP contribution in [0.2, 0.25) is 0 Å². The summed E-state index contributed by atoms with van der Waals surface area (Å²) in [6.45, 7) is 3.96. The zero-order valence-corrected chi connectivity index (χ0v) is 12.8. The number of benzene rings is 1. The molecular formula is C17H16N4O2. The first-order valence-corrected chi connectivity index (χ1v) is 7.12. The summed E-state index contributed by atoms with van der Waals surface area (Å²) in [7, 11) is 0. The first-order chi connectivity index (χ1) is 11.1. The smallest absolute Gasteiger partial charge is 0.278 e. The molecule has 2 heterocycles. The van der Waals surface area contributed by atoms with Gasteiger partial charge >= 0.3 is 0 Å². The number of nitrogens with one attached hydrogen (secondary N) is 1. The lowest BCUT2D eigenvalue weighted by Crippen LogP contribution is -2.13. The van der Waals surface area contributed by atoms with E-state index in [9.17, 15) is 9.90 Å². The Kier molecular flexibility index (Phi) is 3.80. The van der Waals surface area contributed by atoms with Crippen molar-refractivity contribution in [2.45, 2.75) is 13.8 Å². The summed E-state index contributed by atoms with van der Waals surface area (Å²) in [6, 6.07) is 10.4. The molecule has 0 aliphatic heterocycles. The Morgan fingerprint density at radius 1 is 1.13 bits per heavy atom. The van der Waals surface area contributed by atoms with E-state index in [1.807, 2.05) is 30.5 Å². The molecule has 2 N–H and O–H groups in total. The van der Waals surface area contributed by atoms with Gasteiger partial charge in [-0.2, -0.15) is 0 Å². The Labute approximate surface area is 133 Å². The lowest BCUT2D eigenvalue weighted by atomic mass is 10.2. The van der Waals surface area contributed by atoms with Gasteiger partial charge in [-0.15, -0.1) is 0 Å². The molecule has 0 saturated heterocycles. The summed E-state index contributed by atoms with van der Waals surface area (Å²) in [5.74, 6) is -0.600. The fourth-order valence-electron chi connectivity index (χ4n) is 2.23. The first-order valence-electron chi connectivity index (χ1n) is 7.12. The number of carbonyl (C=O) groups excluding carboxylic acids is 1. The fourth-order valence-corrected chi connectivity index (χ4v) is 2.23. The number of aryl methyl sites for hydroxylation is 1. The fraction of sp³-hybridized carbons (Fsp3) is 0.118. The topological polar surface area (TPSA) is 80.0 Å². The summed E-state index contributed by atoms with van der Waals surface area (Å²) in [6.07, 6.45) is 3.23. The van der Waals surface area contributed by atoms with E-state index in [-0.39, 0.29) is 11.4 Å². The molecule has 0 saturated carbocycles. The van der Waals surface area contributed by atoms with Crippen LogP contribution >= 0.6 is 0 Å². The predicted octanol–water partition coefficient (Wildman–Crippen LogP) is 2.84. The highest BCUT2D eigenvalue weighted by Crippen LogP contribution is 2.18. The average molecular weight is 308 g/mol. The van der Waals surface area contributed by atoms with Crippen LogP contribution in [0.1, 0.15) is 21.9 Å². The van der Waals surface area contributed by atoms with Crippen LogP contribution in [0.3, 0.4) is 0 Å². The molecule has 0 atom stereocenters. The van der Waals surface area contributed by atoms with E-state index in [1.165, 1.54) is 12.3 Å². The van der Waals surface area contributed by atoms with Crippen molar-refractivity contribution in [1.29, 1.82) is 0 Å². The molecule has 3 aromatic rings. The van der Waals surface area contributed by atoms with Gasteiger partial charge in [0.05, 0.1) is 12.0 Å². The van der Waals surface area contributed by atoms with Crippen LogP contribution in [0.5, 0.6) is 5.75 Å². The van der Waals surface area contributed by atoms with Crippen molar-refractivity contribution in [3.63, 3.8) is 0 Å². The maximum Gasteiger partial charge on any atom is 0.278 e. The summed E-state index contributed by atoms with van der Waals surface area (Å²) in [5.41, 5.74) is 3.63. The van der Waals surface area contributed by atoms with Gasteiger partial charge in [-0.25, -0.2) is 9.97 Å². The number of anilines is 1. The van der Waals surface area contributed by atoms with E-state index in [1.54, 1.807) is 24.5 Å². The first kappa shape index (κ1) is 14.8. The molecule has 0 aliphatic rings. The third kappa shape index (κ3) is 2.91. The van der Waals surface area contributed by atoms with Gasteiger partial charge in [-0.1, -0.05) is 0 Å². The molecule has 0 unspecified atom stereocenters. The van der Waals surface area contributed by atoms with Crippen LogP contribution in [0.4, 0.5) is 5.69 Å². The molecule has 0 bridgehead atoms. The highest BCUT2D eigenvalue weighted by atomic mass is 16.3. The van der Waals surface area contributed by atoms with Crippen molar-refractivity contribution in [3.05, 3.63) is 66.0 Å². The van der Waals surface area contributed by atoms with Gasteiger partial charge in [0.15, 0.2) is 5.69 Å². The standard InChI is InChI=1S/C17H16N4O2/c1-11-12(2)21(10-19-11)14-7-5-13(6-8-14)20-17(23)16-15(22)4-3-9-18-16/h3-10,22H,1-2H3,(H,20,23). The number of imidazole rings is 1. The van der Waals surface area contributed by atoms with Gasteiger partial charge in [-0.05, 0) is 50.2 Å². The number of carbonyl (C=O) groups is 1. The highest BCUT2D eigenvalue weighted by molar-refractivity contribution is 6.04. The van der Waals surface area contributed by atoms with Crippen molar-refractivity contribution in [2.75, 3.05) is 5.32 Å². The van der Waals surface area contributed by atoms with Gasteiger partial charge in [0.25, 0.3) is 5.91 Å². The number of amides is 1. The summed E-state index contributed by atoms with van der Waals surface area (Å²) < 4.78 is 1.98. The molecule has 0 fully saturated rings. The van der Waals surface area contributed by atoms with Gasteiger partial charge in [-0.3, -0.25) is 4.79 Å². The van der Waals surface area contributed by atoms with Crippen molar-refractivity contribution >= 4 is 11.6 Å². The lowest BCUT2D eigenvalue weighted by molar-refractivity contribution is 0.101. The van der Waals surface area contributed by atoms with Crippen molar-refractivity contribution in [2.24, 2.45) is 0 Å². The SMILES string of the molecule is Cc1ncn(-c2ccc(NC(=O)c3ncccc3O)cc2)c1C. The van der Waals surface area contributed by atoms with Crippen LogP contribution in [-0.4, -0.2) is 25.5 Å². The Hall–Kier alpha value is -3.15. The molecule has 0 spiro atoms. The third-order valence-electron chi connectivity index (χ3n) is 3.66. The van der Waals surface area contributed by atoms with E-state index in [0.717, 1.165) is 17.1 Å². The second-order valence-electron chi connectivity index (χ2n) is 5.16. The normalized spacial score (nSPS) is 10.5. The summed E-state index contributed by atoms with van der Waals surface area (Å²) >= 11 is 0. The molecule has 6 heteroatoms. The quantitative estimate of drug-likeness (QED) is 0.779. The predicted molar refractivity (Wildman–Crippen MR) is 86.9 cm³/mol. The van der Waals surface area contributed by atoms with Gasteiger partial charge in [0, 0.05) is 23.3 Å². The number of nitrogens with zero attached hydrogens (tertiary/aromatic N) is 3. The van der Waals surface area contributed by atoms with Crippen LogP contribution in [-0.2, 0) is 0 Å². The Balaban J connectivity index is 1.79. The number of rotatable bonds is 3. The molecule has 1 aromatic carbocycles.